The summed E-state index contributed by atoms with van der Waals surface area (Å²) in [7, 11) is 0. The molecule has 2 aromatic heterocycles. The van der Waals surface area contributed by atoms with Crippen LogP contribution in [0.15, 0.2) is 16.7 Å². The zero-order chi connectivity index (χ0) is 14.5. The monoisotopic (exact) mass is 449 g/mol. The number of hydrogen-bond acceptors (Lipinski definition) is 4. The molecule has 2 heterocycles. The van der Waals surface area contributed by atoms with Gasteiger partial charge in [0.1, 0.15) is 8.30 Å². The van der Waals surface area contributed by atoms with Crippen LogP contribution in [0.25, 0.3) is 11.0 Å². The van der Waals surface area contributed by atoms with E-state index in [1.807, 2.05) is 26.0 Å². The summed E-state index contributed by atoms with van der Waals surface area (Å²) < 4.78 is 8.57. The lowest BCUT2D eigenvalue weighted by molar-refractivity contribution is -0.149. The number of hydrogen-bond donors (Lipinski definition) is 0. The van der Waals surface area contributed by atoms with Gasteiger partial charge in [-0.15, -0.1) is 0 Å². The van der Waals surface area contributed by atoms with E-state index in [1.165, 1.54) is 0 Å². The first kappa shape index (κ1) is 14.2. The van der Waals surface area contributed by atoms with Crippen molar-refractivity contribution in [3.05, 3.63) is 20.4 Å². The van der Waals surface area contributed by atoms with Gasteiger partial charge in [0, 0.05) is 0 Å². The molecule has 0 radical (unpaired) electrons. The van der Waals surface area contributed by atoms with Gasteiger partial charge in [-0.25, -0.2) is 14.5 Å². The maximum Gasteiger partial charge on any atom is 0.334 e. The molecular formula is C13H13BrIN3O2. The summed E-state index contributed by atoms with van der Waals surface area (Å²) in [6, 6.07) is 3.84. The van der Waals surface area contributed by atoms with Crippen LogP contribution in [0.1, 0.15) is 20.3 Å². The second-order valence-corrected chi connectivity index (χ2v) is 6.79. The molecule has 106 valence electrons. The Morgan fingerprint density at radius 3 is 2.95 bits per heavy atom. The Balaban J connectivity index is 2.19. The van der Waals surface area contributed by atoms with Gasteiger partial charge in [-0.05, 0) is 69.9 Å². The zero-order valence-electron chi connectivity index (χ0n) is 11.1. The number of halogens is 2. The molecule has 0 unspecified atom stereocenters. The summed E-state index contributed by atoms with van der Waals surface area (Å²) in [5.41, 5.74) is 0.0343. The molecule has 0 spiro atoms. The molecule has 0 saturated heterocycles. The van der Waals surface area contributed by atoms with Crippen molar-refractivity contribution in [2.75, 3.05) is 6.61 Å². The quantitative estimate of drug-likeness (QED) is 0.410. The predicted octanol–water partition coefficient (Wildman–Crippen LogP) is 3.10. The van der Waals surface area contributed by atoms with Crippen LogP contribution in [0.2, 0.25) is 0 Å². The van der Waals surface area contributed by atoms with Crippen LogP contribution in [-0.2, 0) is 15.1 Å². The van der Waals surface area contributed by atoms with Crippen molar-refractivity contribution in [2.45, 2.75) is 25.8 Å². The van der Waals surface area contributed by atoms with Crippen LogP contribution >= 0.6 is 38.5 Å². The molecule has 0 N–H and O–H groups in total. The summed E-state index contributed by atoms with van der Waals surface area (Å²) in [6.45, 7) is 4.23. The standard InChI is InChI=1S/C13H13BrIN3O2/c1-3-20-12(19)13(6-7(13)2)18-11-8(10(15)17-18)4-5-9(14)16-11/h4-5,7H,3,6H2,1-2H3/t7-,13-/m0/s1. The van der Waals surface area contributed by atoms with Gasteiger partial charge in [-0.2, -0.15) is 5.10 Å². The molecule has 2 aromatic rings. The molecule has 0 amide bonds. The Morgan fingerprint density at radius 1 is 1.65 bits per heavy atom. The molecule has 2 atom stereocenters. The van der Waals surface area contributed by atoms with Gasteiger partial charge < -0.3 is 4.74 Å². The van der Waals surface area contributed by atoms with Gasteiger partial charge in [0.25, 0.3) is 0 Å². The number of esters is 1. The van der Waals surface area contributed by atoms with Crippen LogP contribution < -0.4 is 0 Å². The van der Waals surface area contributed by atoms with Gasteiger partial charge in [-0.3, -0.25) is 0 Å². The van der Waals surface area contributed by atoms with E-state index in [2.05, 4.69) is 48.6 Å². The molecule has 0 aliphatic heterocycles. The molecule has 1 aliphatic carbocycles. The normalized spacial score (nSPS) is 24.9. The number of pyridine rings is 1. The minimum atomic E-state index is -0.689. The lowest BCUT2D eigenvalue weighted by Crippen LogP contribution is -2.33. The van der Waals surface area contributed by atoms with Crippen molar-refractivity contribution in [2.24, 2.45) is 5.92 Å². The zero-order valence-corrected chi connectivity index (χ0v) is 14.8. The highest BCUT2D eigenvalue weighted by atomic mass is 127. The fourth-order valence-electron chi connectivity index (χ4n) is 2.55. The SMILES string of the molecule is CCOC(=O)[C@]1(n2nc(I)c3ccc(Br)nc32)C[C@@H]1C. The van der Waals surface area contributed by atoms with Crippen LogP contribution in [0.5, 0.6) is 0 Å². The van der Waals surface area contributed by atoms with Crippen molar-refractivity contribution in [3.8, 4) is 0 Å². The van der Waals surface area contributed by atoms with Gasteiger partial charge >= 0.3 is 5.97 Å². The maximum absolute atomic E-state index is 12.4. The second kappa shape index (κ2) is 4.94. The average molecular weight is 450 g/mol. The third-order valence-electron chi connectivity index (χ3n) is 3.73. The van der Waals surface area contributed by atoms with E-state index in [9.17, 15) is 4.79 Å². The maximum atomic E-state index is 12.4. The minimum Gasteiger partial charge on any atom is -0.464 e. The highest BCUT2D eigenvalue weighted by molar-refractivity contribution is 14.1. The molecule has 0 aromatic carbocycles. The summed E-state index contributed by atoms with van der Waals surface area (Å²) in [5, 5.41) is 5.49. The van der Waals surface area contributed by atoms with Crippen LogP contribution in [0.3, 0.4) is 0 Å². The molecule has 7 heteroatoms. The Labute approximate surface area is 138 Å². The number of fused-ring (bicyclic) bond motifs is 1. The molecule has 1 fully saturated rings. The fraction of sp³-hybridized carbons (Fsp3) is 0.462. The third-order valence-corrected chi connectivity index (χ3v) is 4.97. The summed E-state index contributed by atoms with van der Waals surface area (Å²) in [4.78, 5) is 16.8. The number of ether oxygens (including phenoxy) is 1. The summed E-state index contributed by atoms with van der Waals surface area (Å²) in [6.07, 6.45) is 0.743. The lowest BCUT2D eigenvalue weighted by atomic mass is 10.2. The van der Waals surface area contributed by atoms with E-state index in [1.54, 1.807) is 4.68 Å². The van der Waals surface area contributed by atoms with E-state index in [4.69, 9.17) is 4.74 Å². The van der Waals surface area contributed by atoms with Crippen LogP contribution in [0, 0.1) is 9.62 Å². The van der Waals surface area contributed by atoms with Crippen molar-refractivity contribution in [1.82, 2.24) is 14.8 Å². The smallest absolute Gasteiger partial charge is 0.334 e. The van der Waals surface area contributed by atoms with Crippen molar-refractivity contribution in [3.63, 3.8) is 0 Å². The molecule has 1 aliphatic rings. The minimum absolute atomic E-state index is 0.209. The van der Waals surface area contributed by atoms with Gasteiger partial charge in [0.15, 0.2) is 11.2 Å². The van der Waals surface area contributed by atoms with E-state index in [0.29, 0.717) is 6.61 Å². The highest BCUT2D eigenvalue weighted by Crippen LogP contribution is 2.52. The molecule has 5 nitrogen and oxygen atoms in total. The Kier molecular flexibility index (Phi) is 3.52. The Hall–Kier alpha value is -0.700. The molecule has 0 bridgehead atoms. The van der Waals surface area contributed by atoms with Gasteiger partial charge in [-0.1, -0.05) is 6.92 Å². The second-order valence-electron chi connectivity index (χ2n) is 4.96. The van der Waals surface area contributed by atoms with Crippen molar-refractivity contribution in [1.29, 1.82) is 0 Å². The van der Waals surface area contributed by atoms with E-state index < -0.39 is 5.54 Å². The Bertz CT molecular complexity index is 702. The van der Waals surface area contributed by atoms with Gasteiger partial charge in [0.2, 0.25) is 0 Å². The molecule has 1 saturated carbocycles. The number of nitrogens with zero attached hydrogens (tertiary/aromatic N) is 3. The summed E-state index contributed by atoms with van der Waals surface area (Å²) >= 11 is 5.55. The lowest BCUT2D eigenvalue weighted by Gasteiger charge is -2.16. The van der Waals surface area contributed by atoms with E-state index in [-0.39, 0.29) is 11.9 Å². The predicted molar refractivity (Wildman–Crippen MR) is 86.3 cm³/mol. The first-order valence-corrected chi connectivity index (χ1v) is 8.26. The number of rotatable bonds is 3. The van der Waals surface area contributed by atoms with Crippen molar-refractivity contribution >= 4 is 55.5 Å². The van der Waals surface area contributed by atoms with Crippen LogP contribution in [0.4, 0.5) is 0 Å². The third kappa shape index (κ3) is 1.97. The van der Waals surface area contributed by atoms with E-state index in [0.717, 1.165) is 25.8 Å². The number of carbonyl (C=O) groups excluding carboxylic acids is 1. The first-order chi connectivity index (χ1) is 9.50. The summed E-state index contributed by atoms with van der Waals surface area (Å²) in [5.74, 6) is -0.00342. The van der Waals surface area contributed by atoms with Crippen molar-refractivity contribution < 1.29 is 9.53 Å². The molecular weight excluding hydrogens is 437 g/mol. The topological polar surface area (TPSA) is 57.0 Å². The molecule has 20 heavy (non-hydrogen) atoms. The molecule has 3 rings (SSSR count). The van der Waals surface area contributed by atoms with Crippen LogP contribution in [-0.4, -0.2) is 27.3 Å². The highest BCUT2D eigenvalue weighted by Gasteiger charge is 2.62. The van der Waals surface area contributed by atoms with E-state index >= 15 is 0 Å². The number of aromatic nitrogens is 3. The first-order valence-electron chi connectivity index (χ1n) is 6.39. The largest absolute Gasteiger partial charge is 0.464 e. The number of carbonyl (C=O) groups is 1. The van der Waals surface area contributed by atoms with Gasteiger partial charge in [0.05, 0.1) is 12.0 Å². The fourth-order valence-corrected chi connectivity index (χ4v) is 3.48. The average Bonchev–Trinajstić information content (AvgIpc) is 2.98. The Morgan fingerprint density at radius 2 is 2.35 bits per heavy atom.